The Morgan fingerprint density at radius 3 is 2.50 bits per heavy atom. The number of aromatic carboxylic acids is 1. The van der Waals surface area contributed by atoms with Crippen LogP contribution in [0.3, 0.4) is 0 Å². The largest absolute Gasteiger partial charge is 0.477 e. The maximum absolute atomic E-state index is 14.3. The average molecular weight is 632 g/mol. The number of anilines is 3. The third kappa shape index (κ3) is 6.01. The number of carbonyl (C=O) groups is 2. The molecule has 42 heavy (non-hydrogen) atoms. The van der Waals surface area contributed by atoms with Crippen molar-refractivity contribution in [2.45, 2.75) is 56.4 Å². The number of amides is 1. The molecule has 1 aliphatic heterocycles. The van der Waals surface area contributed by atoms with Crippen molar-refractivity contribution in [2.75, 3.05) is 30.4 Å². The number of hydrogen-bond donors (Lipinski definition) is 2. The summed E-state index contributed by atoms with van der Waals surface area (Å²) >= 11 is 7.75. The number of carboxylic acids is 1. The molecule has 2 aliphatic rings. The summed E-state index contributed by atoms with van der Waals surface area (Å²) in [5.41, 5.74) is 1.74. The van der Waals surface area contributed by atoms with Crippen LogP contribution in [-0.4, -0.2) is 56.1 Å². The van der Waals surface area contributed by atoms with E-state index in [1.165, 1.54) is 16.4 Å². The van der Waals surface area contributed by atoms with Crippen LogP contribution in [-0.2, 0) is 14.8 Å². The monoisotopic (exact) mass is 631 g/mol. The number of thiophene rings is 1. The number of nitrogens with one attached hydrogen (secondary N) is 1. The van der Waals surface area contributed by atoms with Gasteiger partial charge in [0.05, 0.1) is 23.0 Å². The second kappa shape index (κ2) is 12.6. The fraction of sp³-hybridized carbons (Fsp3) is 0.400. The molecule has 2 heterocycles. The van der Waals surface area contributed by atoms with Crippen LogP contribution in [0.2, 0.25) is 5.02 Å². The molecule has 0 unspecified atom stereocenters. The number of fused-ring (bicyclic) bond motifs is 1. The predicted molar refractivity (Wildman–Crippen MR) is 166 cm³/mol. The topological polar surface area (TPSA) is 116 Å². The molecule has 5 rings (SSSR count). The van der Waals surface area contributed by atoms with Crippen LogP contribution in [0.25, 0.3) is 10.4 Å². The van der Waals surface area contributed by atoms with Crippen LogP contribution < -0.4 is 10.2 Å². The number of para-hydroxylation sites is 1. The van der Waals surface area contributed by atoms with E-state index in [-0.39, 0.29) is 39.0 Å². The smallest absolute Gasteiger partial charge is 0.411 e. The third-order valence-electron chi connectivity index (χ3n) is 7.96. The maximum atomic E-state index is 14.3. The molecule has 2 N–H and O–H groups in total. The van der Waals surface area contributed by atoms with Crippen LogP contribution in [0.15, 0.2) is 53.4 Å². The number of ether oxygens (including phenoxy) is 1. The van der Waals surface area contributed by atoms with E-state index in [0.717, 1.165) is 49.1 Å². The summed E-state index contributed by atoms with van der Waals surface area (Å²) in [4.78, 5) is 26.6. The van der Waals surface area contributed by atoms with Crippen molar-refractivity contribution in [1.82, 2.24) is 4.31 Å². The van der Waals surface area contributed by atoms with Gasteiger partial charge in [-0.3, -0.25) is 5.32 Å². The zero-order valence-electron chi connectivity index (χ0n) is 23.5. The minimum atomic E-state index is -3.96. The second-order valence-corrected chi connectivity index (χ2v) is 14.1. The lowest BCUT2D eigenvalue weighted by Crippen LogP contribution is -2.46. The summed E-state index contributed by atoms with van der Waals surface area (Å²) in [5.74, 6) is -1.01. The molecule has 1 saturated carbocycles. The van der Waals surface area contributed by atoms with Gasteiger partial charge in [-0.1, -0.05) is 56.0 Å². The lowest BCUT2D eigenvalue weighted by molar-refractivity contribution is 0.0703. The molecular formula is C30H34ClN3O6S2. The van der Waals surface area contributed by atoms with Crippen LogP contribution in [0.4, 0.5) is 21.9 Å². The number of rotatable bonds is 7. The SMILES string of the molecule is CCCOC(=O)Nc1cc(-c2cc3c(cc2Cl)N(c2ccccc2)C[C@@H](C2CCCCC2)N(C)S3(=O)=O)sc1C(=O)O. The molecule has 0 spiro atoms. The number of hydrogen-bond acceptors (Lipinski definition) is 7. The summed E-state index contributed by atoms with van der Waals surface area (Å²) in [6.45, 7) is 2.51. The van der Waals surface area contributed by atoms with Crippen molar-refractivity contribution in [3.63, 3.8) is 0 Å². The zero-order valence-corrected chi connectivity index (χ0v) is 25.9. The van der Waals surface area contributed by atoms with Gasteiger partial charge in [-0.05, 0) is 55.5 Å². The third-order valence-corrected chi connectivity index (χ3v) is 11.3. The van der Waals surface area contributed by atoms with Crippen molar-refractivity contribution in [3.05, 3.63) is 58.4 Å². The summed E-state index contributed by atoms with van der Waals surface area (Å²) in [5, 5.41) is 12.6. The molecule has 2 aromatic carbocycles. The molecule has 3 aromatic rings. The number of nitrogens with zero attached hydrogens (tertiary/aromatic N) is 2. The highest BCUT2D eigenvalue weighted by Crippen LogP contribution is 2.46. The summed E-state index contributed by atoms with van der Waals surface area (Å²) < 4.78 is 35.1. The molecule has 12 heteroatoms. The Morgan fingerprint density at radius 1 is 1.12 bits per heavy atom. The van der Waals surface area contributed by atoms with Crippen molar-refractivity contribution in [1.29, 1.82) is 0 Å². The highest BCUT2D eigenvalue weighted by Gasteiger charge is 2.41. The van der Waals surface area contributed by atoms with Crippen molar-refractivity contribution in [3.8, 4) is 10.4 Å². The van der Waals surface area contributed by atoms with Crippen LogP contribution in [0.5, 0.6) is 0 Å². The van der Waals surface area contributed by atoms with Crippen molar-refractivity contribution < 1.29 is 27.9 Å². The van der Waals surface area contributed by atoms with Gasteiger partial charge in [0.25, 0.3) is 0 Å². The normalized spacial score (nSPS) is 19.1. The summed E-state index contributed by atoms with van der Waals surface area (Å²) in [6.07, 6.45) is 5.11. The van der Waals surface area contributed by atoms with Gasteiger partial charge in [0.1, 0.15) is 9.77 Å². The highest BCUT2D eigenvalue weighted by molar-refractivity contribution is 7.89. The number of sulfonamides is 1. The van der Waals surface area contributed by atoms with E-state index in [0.29, 0.717) is 29.1 Å². The minimum Gasteiger partial charge on any atom is -0.477 e. The van der Waals surface area contributed by atoms with Gasteiger partial charge in [-0.15, -0.1) is 11.3 Å². The van der Waals surface area contributed by atoms with Crippen LogP contribution >= 0.6 is 22.9 Å². The van der Waals surface area contributed by atoms with E-state index in [1.807, 2.05) is 42.2 Å². The molecule has 1 atom stereocenters. The first-order chi connectivity index (χ1) is 20.1. The standard InChI is InChI=1S/C30H34ClN3O6S2/c1-3-14-40-30(37)32-23-17-26(41-28(23)29(35)36)21-15-27-24(16-22(21)31)34(20-12-8-5-9-13-20)18-25(33(2)42(27,38)39)19-10-6-4-7-11-19/h5,8-9,12-13,15-17,19,25H,3-4,6-7,10-11,14,18H2,1-2H3,(H,32,37)(H,35,36)/t25-/m0/s1. The molecule has 1 fully saturated rings. The van der Waals surface area contributed by atoms with Gasteiger partial charge in [-0.25, -0.2) is 18.0 Å². The van der Waals surface area contributed by atoms with Gasteiger partial charge in [0.2, 0.25) is 10.0 Å². The molecule has 0 bridgehead atoms. The van der Waals surface area contributed by atoms with Crippen LogP contribution in [0.1, 0.15) is 55.1 Å². The molecule has 0 saturated heterocycles. The quantitative estimate of drug-likeness (QED) is 0.278. The highest BCUT2D eigenvalue weighted by atomic mass is 35.5. The Kier molecular flexibility index (Phi) is 9.12. The fourth-order valence-corrected chi connectivity index (χ4v) is 8.72. The van der Waals surface area contributed by atoms with Crippen LogP contribution in [0, 0.1) is 5.92 Å². The van der Waals surface area contributed by atoms with E-state index in [4.69, 9.17) is 16.3 Å². The first-order valence-electron chi connectivity index (χ1n) is 14.1. The molecule has 224 valence electrons. The van der Waals surface area contributed by atoms with Gasteiger partial charge >= 0.3 is 12.1 Å². The molecule has 0 radical (unpaired) electrons. The number of halogens is 1. The Balaban J connectivity index is 1.63. The van der Waals surface area contributed by atoms with Crippen molar-refractivity contribution >= 4 is 62.1 Å². The first kappa shape index (κ1) is 30.3. The van der Waals surface area contributed by atoms with Gasteiger partial charge in [0.15, 0.2) is 0 Å². The molecule has 1 aliphatic carbocycles. The average Bonchev–Trinajstić information content (AvgIpc) is 3.37. The Morgan fingerprint density at radius 2 is 1.83 bits per heavy atom. The molecule has 1 aromatic heterocycles. The minimum absolute atomic E-state index is 0.0536. The summed E-state index contributed by atoms with van der Waals surface area (Å²) in [7, 11) is -2.31. The van der Waals surface area contributed by atoms with E-state index in [9.17, 15) is 23.1 Å². The number of likely N-dealkylation sites (N-methyl/N-ethyl adjacent to an activating group) is 1. The van der Waals surface area contributed by atoms with E-state index in [2.05, 4.69) is 5.32 Å². The molecule has 1 amide bonds. The molecular weight excluding hydrogens is 598 g/mol. The lowest BCUT2D eigenvalue weighted by Gasteiger charge is -2.36. The number of carbonyl (C=O) groups excluding carboxylic acids is 1. The number of benzene rings is 2. The van der Waals surface area contributed by atoms with Crippen molar-refractivity contribution in [2.24, 2.45) is 5.92 Å². The molecule has 9 nitrogen and oxygen atoms in total. The van der Waals surface area contributed by atoms with Gasteiger partial charge in [-0.2, -0.15) is 4.31 Å². The Labute approximate surface area is 255 Å². The van der Waals surface area contributed by atoms with E-state index < -0.39 is 22.1 Å². The lowest BCUT2D eigenvalue weighted by atomic mass is 9.83. The summed E-state index contributed by atoms with van der Waals surface area (Å²) in [6, 6.07) is 14.1. The predicted octanol–water partition coefficient (Wildman–Crippen LogP) is 7.45. The maximum Gasteiger partial charge on any atom is 0.411 e. The fourth-order valence-electron chi connectivity index (χ4n) is 5.82. The zero-order chi connectivity index (χ0) is 30.0. The second-order valence-electron chi connectivity index (χ2n) is 10.7. The first-order valence-corrected chi connectivity index (χ1v) is 16.7. The van der Waals surface area contributed by atoms with E-state index in [1.54, 1.807) is 13.1 Å². The Bertz CT molecular complexity index is 1570. The van der Waals surface area contributed by atoms with E-state index >= 15 is 0 Å². The number of carboxylic acid groups (broad SMARTS) is 1. The van der Waals surface area contributed by atoms with Gasteiger partial charge < -0.3 is 14.7 Å². The Hall–Kier alpha value is -3.12. The van der Waals surface area contributed by atoms with Gasteiger partial charge in [0, 0.05) is 35.8 Å².